The van der Waals surface area contributed by atoms with E-state index in [4.69, 9.17) is 22.1 Å². The third kappa shape index (κ3) is 4.94. The Hall–Kier alpha value is -3.56. The number of likely N-dealkylation sites (N-methyl/N-ethyl adjacent to an activating group) is 2. The number of nitrogens with zero attached hydrogens (tertiary/aromatic N) is 6. The van der Waals surface area contributed by atoms with Gasteiger partial charge in [0.2, 0.25) is 5.95 Å². The molecule has 1 aromatic carbocycles. The molecular weight excluding hydrogens is 440 g/mol. The average Bonchev–Trinajstić information content (AvgIpc) is 3.21. The maximum absolute atomic E-state index is 6.37. The maximum Gasteiger partial charge on any atom is 0.229 e. The standard InChI is InChI=1S/C23H27ClN8O/c1-30(2)11-12-31(3)19-14-20(33-4)17(13-15(19)25)28-23-26-9-7-22(29-23)32-10-8-16-18(32)5-6-21(24)27-16/h5-10,13-14H,11-12,25H2,1-4H3,(H,26,28,29). The van der Waals surface area contributed by atoms with E-state index >= 15 is 0 Å². The Balaban J connectivity index is 1.62. The predicted octanol–water partition coefficient (Wildman–Crippen LogP) is 3.80. The topological polar surface area (TPSA) is 97.4 Å². The highest BCUT2D eigenvalue weighted by molar-refractivity contribution is 6.29. The van der Waals surface area contributed by atoms with E-state index in [1.165, 1.54) is 0 Å². The van der Waals surface area contributed by atoms with Crippen molar-refractivity contribution in [1.29, 1.82) is 0 Å². The number of aromatic nitrogens is 4. The lowest BCUT2D eigenvalue weighted by Gasteiger charge is -2.24. The molecule has 0 aliphatic heterocycles. The van der Waals surface area contributed by atoms with Gasteiger partial charge in [-0.15, -0.1) is 0 Å². The molecule has 0 saturated heterocycles. The molecule has 10 heteroatoms. The highest BCUT2D eigenvalue weighted by Gasteiger charge is 2.14. The van der Waals surface area contributed by atoms with Gasteiger partial charge < -0.3 is 25.6 Å². The summed E-state index contributed by atoms with van der Waals surface area (Å²) in [5, 5.41) is 3.69. The van der Waals surface area contributed by atoms with E-state index < -0.39 is 0 Å². The normalized spacial score (nSPS) is 11.2. The van der Waals surface area contributed by atoms with E-state index in [9.17, 15) is 0 Å². The van der Waals surface area contributed by atoms with E-state index in [1.54, 1.807) is 19.4 Å². The first-order valence-electron chi connectivity index (χ1n) is 10.4. The number of hydrogen-bond acceptors (Lipinski definition) is 8. The van der Waals surface area contributed by atoms with E-state index in [0.29, 0.717) is 34.0 Å². The Labute approximate surface area is 197 Å². The van der Waals surface area contributed by atoms with E-state index in [2.05, 4.69) is 30.1 Å². The van der Waals surface area contributed by atoms with Crippen molar-refractivity contribution in [3.05, 3.63) is 53.9 Å². The van der Waals surface area contributed by atoms with Crippen LogP contribution in [0.5, 0.6) is 5.75 Å². The third-order valence-electron chi connectivity index (χ3n) is 5.29. The van der Waals surface area contributed by atoms with E-state index in [0.717, 1.165) is 29.8 Å². The van der Waals surface area contributed by atoms with Gasteiger partial charge in [-0.3, -0.25) is 4.57 Å². The molecule has 4 rings (SSSR count). The highest BCUT2D eigenvalue weighted by atomic mass is 35.5. The number of nitrogens with one attached hydrogen (secondary N) is 1. The molecule has 33 heavy (non-hydrogen) atoms. The molecule has 0 amide bonds. The number of benzene rings is 1. The van der Waals surface area contributed by atoms with Crippen molar-refractivity contribution in [2.75, 3.05) is 57.3 Å². The van der Waals surface area contributed by atoms with Crippen LogP contribution in [0.4, 0.5) is 23.0 Å². The summed E-state index contributed by atoms with van der Waals surface area (Å²) in [5.74, 6) is 1.76. The molecule has 172 valence electrons. The SMILES string of the molecule is COc1cc(N(C)CCN(C)C)c(N)cc1Nc1nccc(-n2ccc3nc(Cl)ccc32)n1. The van der Waals surface area contributed by atoms with Gasteiger partial charge in [-0.2, -0.15) is 4.98 Å². The molecule has 9 nitrogen and oxygen atoms in total. The van der Waals surface area contributed by atoms with Crippen LogP contribution < -0.4 is 20.7 Å². The molecule has 0 spiro atoms. The molecule has 0 aliphatic carbocycles. The molecule has 3 aromatic heterocycles. The van der Waals surface area contributed by atoms with Crippen molar-refractivity contribution < 1.29 is 4.74 Å². The van der Waals surface area contributed by atoms with Gasteiger partial charge in [0.25, 0.3) is 0 Å². The molecular formula is C23H27ClN8O. The first kappa shape index (κ1) is 22.6. The summed E-state index contributed by atoms with van der Waals surface area (Å²) in [4.78, 5) is 17.6. The molecule has 0 unspecified atom stereocenters. The summed E-state index contributed by atoms with van der Waals surface area (Å²) < 4.78 is 7.55. The lowest BCUT2D eigenvalue weighted by molar-refractivity contribution is 0.413. The number of pyridine rings is 1. The number of anilines is 4. The molecule has 0 aliphatic rings. The van der Waals surface area contributed by atoms with Crippen molar-refractivity contribution in [3.63, 3.8) is 0 Å². The fourth-order valence-electron chi connectivity index (χ4n) is 3.51. The van der Waals surface area contributed by atoms with Crippen LogP contribution in [0.25, 0.3) is 16.9 Å². The van der Waals surface area contributed by atoms with Crippen LogP contribution >= 0.6 is 11.6 Å². The molecule has 0 radical (unpaired) electrons. The minimum Gasteiger partial charge on any atom is -0.494 e. The van der Waals surface area contributed by atoms with Gasteiger partial charge >= 0.3 is 0 Å². The minimum absolute atomic E-state index is 0.419. The number of nitrogen functional groups attached to an aromatic ring is 1. The van der Waals surface area contributed by atoms with Crippen LogP contribution in [0.1, 0.15) is 0 Å². The van der Waals surface area contributed by atoms with E-state index in [1.807, 2.05) is 62.2 Å². The fraction of sp³-hybridized carbons (Fsp3) is 0.261. The van der Waals surface area contributed by atoms with Gasteiger partial charge in [0, 0.05) is 38.6 Å². The van der Waals surface area contributed by atoms with Crippen LogP contribution in [0.15, 0.2) is 48.8 Å². The smallest absolute Gasteiger partial charge is 0.229 e. The fourth-order valence-corrected chi connectivity index (χ4v) is 3.67. The molecule has 3 N–H and O–H groups in total. The van der Waals surface area contributed by atoms with Crippen molar-refractivity contribution in [2.24, 2.45) is 0 Å². The number of fused-ring (bicyclic) bond motifs is 1. The third-order valence-corrected chi connectivity index (χ3v) is 5.50. The van der Waals surface area contributed by atoms with Crippen LogP contribution in [-0.4, -0.2) is 65.8 Å². The van der Waals surface area contributed by atoms with Gasteiger partial charge in [0.05, 0.1) is 35.2 Å². The van der Waals surface area contributed by atoms with Crippen LogP contribution in [0, 0.1) is 0 Å². The molecule has 3 heterocycles. The van der Waals surface area contributed by atoms with Gasteiger partial charge in [-0.1, -0.05) is 11.6 Å². The molecule has 0 fully saturated rings. The number of ether oxygens (including phenoxy) is 1. The number of nitrogens with two attached hydrogens (primary N) is 1. The zero-order chi connectivity index (χ0) is 23.5. The summed E-state index contributed by atoms with van der Waals surface area (Å²) in [6, 6.07) is 11.2. The molecule has 0 saturated carbocycles. The second kappa shape index (κ2) is 9.51. The monoisotopic (exact) mass is 466 g/mol. The summed E-state index contributed by atoms with van der Waals surface area (Å²) in [6.07, 6.45) is 3.59. The number of halogens is 1. The second-order valence-corrected chi connectivity index (χ2v) is 8.31. The Kier molecular flexibility index (Phi) is 6.52. The maximum atomic E-state index is 6.37. The Morgan fingerprint density at radius 3 is 2.67 bits per heavy atom. The lowest BCUT2D eigenvalue weighted by atomic mass is 10.2. The summed E-state index contributed by atoms with van der Waals surface area (Å²) in [5.41, 5.74) is 10.3. The van der Waals surface area contributed by atoms with Crippen LogP contribution in [-0.2, 0) is 0 Å². The van der Waals surface area contributed by atoms with Crippen molar-refractivity contribution in [3.8, 4) is 11.6 Å². The largest absolute Gasteiger partial charge is 0.494 e. The average molecular weight is 467 g/mol. The van der Waals surface area contributed by atoms with Gasteiger partial charge in [0.1, 0.15) is 16.7 Å². The molecule has 0 atom stereocenters. The Morgan fingerprint density at radius 2 is 1.91 bits per heavy atom. The summed E-state index contributed by atoms with van der Waals surface area (Å²) in [7, 11) is 7.72. The highest BCUT2D eigenvalue weighted by Crippen LogP contribution is 2.36. The van der Waals surface area contributed by atoms with Crippen molar-refractivity contribution in [2.45, 2.75) is 0 Å². The summed E-state index contributed by atoms with van der Waals surface area (Å²) >= 11 is 6.01. The van der Waals surface area contributed by atoms with Crippen molar-refractivity contribution >= 4 is 45.6 Å². The van der Waals surface area contributed by atoms with Gasteiger partial charge in [-0.25, -0.2) is 9.97 Å². The molecule has 4 aromatic rings. The summed E-state index contributed by atoms with van der Waals surface area (Å²) in [6.45, 7) is 1.75. The zero-order valence-corrected chi connectivity index (χ0v) is 19.8. The zero-order valence-electron chi connectivity index (χ0n) is 19.1. The second-order valence-electron chi connectivity index (χ2n) is 7.92. The van der Waals surface area contributed by atoms with E-state index in [-0.39, 0.29) is 0 Å². The number of methoxy groups -OCH3 is 1. The quantitative estimate of drug-likeness (QED) is 0.299. The lowest BCUT2D eigenvalue weighted by Crippen LogP contribution is -2.29. The number of rotatable bonds is 8. The van der Waals surface area contributed by atoms with Crippen LogP contribution in [0.3, 0.4) is 0 Å². The van der Waals surface area contributed by atoms with Gasteiger partial charge in [0.15, 0.2) is 0 Å². The Bertz CT molecular complexity index is 1270. The predicted molar refractivity (Wildman–Crippen MR) is 134 cm³/mol. The van der Waals surface area contributed by atoms with Gasteiger partial charge in [-0.05, 0) is 44.4 Å². The van der Waals surface area contributed by atoms with Crippen molar-refractivity contribution in [1.82, 2.24) is 24.4 Å². The first-order valence-corrected chi connectivity index (χ1v) is 10.8. The van der Waals surface area contributed by atoms with Crippen LogP contribution in [0.2, 0.25) is 5.15 Å². The first-order chi connectivity index (χ1) is 15.9. The minimum atomic E-state index is 0.419. The Morgan fingerprint density at radius 1 is 1.09 bits per heavy atom. The number of hydrogen-bond donors (Lipinski definition) is 2. The molecule has 0 bridgehead atoms.